The maximum absolute atomic E-state index is 12.5. The first-order chi connectivity index (χ1) is 15.3. The van der Waals surface area contributed by atoms with Crippen molar-refractivity contribution in [3.8, 4) is 11.1 Å². The highest BCUT2D eigenvalue weighted by Gasteiger charge is 2.38. The molecule has 32 heavy (non-hydrogen) atoms. The number of carbonyl (C=O) groups is 2. The zero-order valence-electron chi connectivity index (χ0n) is 18.7. The lowest BCUT2D eigenvalue weighted by molar-refractivity contribution is 0.0173. The van der Waals surface area contributed by atoms with E-state index in [9.17, 15) is 14.7 Å². The minimum Gasteiger partial charge on any atom is -0.449 e. The number of carbonyl (C=O) groups excluding carboxylic acids is 2. The Bertz CT molecular complexity index is 954. The Morgan fingerprint density at radius 1 is 1.06 bits per heavy atom. The van der Waals surface area contributed by atoms with Gasteiger partial charge in [-0.05, 0) is 49.4 Å². The highest BCUT2D eigenvalue weighted by Crippen LogP contribution is 2.44. The molecule has 0 bridgehead atoms. The Hall–Kier alpha value is -3.06. The standard InChI is InChI=1S/C25H30N2O5/c1-25(2,3)32-24(30)27-13-16(12-17(27)14-28)26-23(29)31-15-22-20-10-6-4-8-18(20)19-9-5-7-11-21(19)22/h4-11,16-17,22,28H,12-15H2,1-3H3,(H,26,29). The topological polar surface area (TPSA) is 88.1 Å². The third-order valence-electron chi connectivity index (χ3n) is 5.92. The van der Waals surface area contributed by atoms with Gasteiger partial charge in [0.1, 0.15) is 12.2 Å². The van der Waals surface area contributed by atoms with E-state index in [0.29, 0.717) is 6.42 Å². The van der Waals surface area contributed by atoms with Crippen molar-refractivity contribution >= 4 is 12.2 Å². The lowest BCUT2D eigenvalue weighted by atomic mass is 9.98. The summed E-state index contributed by atoms with van der Waals surface area (Å²) in [5, 5.41) is 12.5. The number of nitrogens with zero attached hydrogens (tertiary/aromatic N) is 1. The average molecular weight is 439 g/mol. The molecule has 2 amide bonds. The molecule has 2 aliphatic rings. The number of nitrogens with one attached hydrogen (secondary N) is 1. The van der Waals surface area contributed by atoms with Gasteiger partial charge in [0.05, 0.1) is 18.7 Å². The van der Waals surface area contributed by atoms with Crippen LogP contribution in [-0.2, 0) is 9.47 Å². The summed E-state index contributed by atoms with van der Waals surface area (Å²) in [7, 11) is 0. The van der Waals surface area contributed by atoms with E-state index in [4.69, 9.17) is 9.47 Å². The predicted molar refractivity (Wildman–Crippen MR) is 120 cm³/mol. The monoisotopic (exact) mass is 438 g/mol. The summed E-state index contributed by atoms with van der Waals surface area (Å²) < 4.78 is 11.0. The van der Waals surface area contributed by atoms with Gasteiger partial charge in [-0.3, -0.25) is 0 Å². The molecule has 2 N–H and O–H groups in total. The van der Waals surface area contributed by atoms with Crippen LogP contribution < -0.4 is 5.32 Å². The Morgan fingerprint density at radius 3 is 2.22 bits per heavy atom. The largest absolute Gasteiger partial charge is 0.449 e. The van der Waals surface area contributed by atoms with E-state index in [1.807, 2.05) is 24.3 Å². The maximum Gasteiger partial charge on any atom is 0.410 e. The van der Waals surface area contributed by atoms with Crippen LogP contribution >= 0.6 is 0 Å². The molecule has 2 aromatic carbocycles. The van der Waals surface area contributed by atoms with Crippen molar-refractivity contribution in [3.05, 3.63) is 59.7 Å². The molecular formula is C25H30N2O5. The van der Waals surface area contributed by atoms with Gasteiger partial charge in [-0.15, -0.1) is 0 Å². The number of alkyl carbamates (subject to hydrolysis) is 1. The van der Waals surface area contributed by atoms with Crippen molar-refractivity contribution in [2.24, 2.45) is 0 Å². The van der Waals surface area contributed by atoms with E-state index < -0.39 is 23.8 Å². The second-order valence-corrected chi connectivity index (χ2v) is 9.37. The Kier molecular flexibility index (Phi) is 6.11. The zero-order chi connectivity index (χ0) is 22.9. The molecule has 4 rings (SSSR count). The van der Waals surface area contributed by atoms with E-state index in [-0.39, 0.29) is 31.7 Å². The van der Waals surface area contributed by atoms with Gasteiger partial charge in [0, 0.05) is 12.5 Å². The molecule has 170 valence electrons. The molecule has 0 aromatic heterocycles. The van der Waals surface area contributed by atoms with Gasteiger partial charge < -0.3 is 24.8 Å². The van der Waals surface area contributed by atoms with E-state index in [1.54, 1.807) is 20.8 Å². The Labute approximate surface area is 188 Å². The number of amides is 2. The quantitative estimate of drug-likeness (QED) is 0.756. The van der Waals surface area contributed by atoms with Gasteiger partial charge in [-0.1, -0.05) is 48.5 Å². The first kappa shape index (κ1) is 22.1. The third-order valence-corrected chi connectivity index (χ3v) is 5.92. The number of ether oxygens (including phenoxy) is 2. The van der Waals surface area contributed by atoms with Gasteiger partial charge in [0.15, 0.2) is 0 Å². The highest BCUT2D eigenvalue weighted by molar-refractivity contribution is 5.79. The number of aliphatic hydroxyl groups excluding tert-OH is 1. The Balaban J connectivity index is 1.36. The normalized spacial score (nSPS) is 19.9. The molecule has 1 fully saturated rings. The third kappa shape index (κ3) is 4.58. The number of fused-ring (bicyclic) bond motifs is 3. The molecule has 1 saturated heterocycles. The van der Waals surface area contributed by atoms with Crippen LogP contribution in [0.3, 0.4) is 0 Å². The fraction of sp³-hybridized carbons (Fsp3) is 0.440. The Morgan fingerprint density at radius 2 is 1.66 bits per heavy atom. The molecule has 7 nitrogen and oxygen atoms in total. The minimum absolute atomic E-state index is 0.0137. The second-order valence-electron chi connectivity index (χ2n) is 9.37. The van der Waals surface area contributed by atoms with E-state index >= 15 is 0 Å². The van der Waals surface area contributed by atoms with Crippen molar-refractivity contribution in [3.63, 3.8) is 0 Å². The average Bonchev–Trinajstić information content (AvgIpc) is 3.30. The summed E-state index contributed by atoms with van der Waals surface area (Å²) in [6.45, 7) is 5.68. The minimum atomic E-state index is -0.630. The number of rotatable bonds is 4. The van der Waals surface area contributed by atoms with Crippen LogP contribution in [0.4, 0.5) is 9.59 Å². The molecule has 0 spiro atoms. The van der Waals surface area contributed by atoms with E-state index in [0.717, 1.165) is 11.1 Å². The van der Waals surface area contributed by atoms with Crippen molar-refractivity contribution < 1.29 is 24.2 Å². The smallest absolute Gasteiger partial charge is 0.410 e. The summed E-state index contributed by atoms with van der Waals surface area (Å²) in [5.41, 5.74) is 4.02. The van der Waals surface area contributed by atoms with Crippen molar-refractivity contribution in [2.45, 2.75) is 50.8 Å². The molecule has 0 radical (unpaired) electrons. The fourth-order valence-corrected chi connectivity index (χ4v) is 4.55. The molecule has 1 aliphatic carbocycles. The summed E-state index contributed by atoms with van der Waals surface area (Å²) in [4.78, 5) is 26.5. The number of hydrogen-bond donors (Lipinski definition) is 2. The van der Waals surface area contributed by atoms with E-state index in [2.05, 4.69) is 29.6 Å². The SMILES string of the molecule is CC(C)(C)OC(=O)N1CC(NC(=O)OCC2c3ccccc3-c3ccccc32)CC1CO. The lowest BCUT2D eigenvalue weighted by Crippen LogP contribution is -2.43. The highest BCUT2D eigenvalue weighted by atomic mass is 16.6. The summed E-state index contributed by atoms with van der Waals surface area (Å²) in [6, 6.07) is 15.6. The van der Waals surface area contributed by atoms with Crippen LogP contribution in [0.5, 0.6) is 0 Å². The van der Waals surface area contributed by atoms with Crippen LogP contribution in [0, 0.1) is 0 Å². The molecular weight excluding hydrogens is 408 g/mol. The molecule has 0 saturated carbocycles. The van der Waals surface area contributed by atoms with Gasteiger partial charge >= 0.3 is 12.2 Å². The molecule has 7 heteroatoms. The zero-order valence-corrected chi connectivity index (χ0v) is 18.7. The summed E-state index contributed by atoms with van der Waals surface area (Å²) in [5.74, 6) is -0.0137. The van der Waals surface area contributed by atoms with E-state index in [1.165, 1.54) is 16.0 Å². The molecule has 2 atom stereocenters. The second kappa shape index (κ2) is 8.82. The van der Waals surface area contributed by atoms with Crippen LogP contribution in [-0.4, -0.2) is 59.6 Å². The molecule has 1 aliphatic heterocycles. The first-order valence-corrected chi connectivity index (χ1v) is 11.0. The van der Waals surface area contributed by atoms with Crippen molar-refractivity contribution in [2.75, 3.05) is 19.8 Å². The fourth-order valence-electron chi connectivity index (χ4n) is 4.55. The molecule has 2 unspecified atom stereocenters. The first-order valence-electron chi connectivity index (χ1n) is 11.0. The number of aliphatic hydroxyl groups is 1. The molecule has 2 aromatic rings. The summed E-state index contributed by atoms with van der Waals surface area (Å²) in [6.07, 6.45) is -0.576. The van der Waals surface area contributed by atoms with Crippen molar-refractivity contribution in [1.29, 1.82) is 0 Å². The maximum atomic E-state index is 12.5. The van der Waals surface area contributed by atoms with Crippen LogP contribution in [0.25, 0.3) is 11.1 Å². The van der Waals surface area contributed by atoms with Crippen LogP contribution in [0.1, 0.15) is 44.2 Å². The van der Waals surface area contributed by atoms with Crippen LogP contribution in [0.2, 0.25) is 0 Å². The number of hydrogen-bond acceptors (Lipinski definition) is 5. The van der Waals surface area contributed by atoms with Gasteiger partial charge in [0.2, 0.25) is 0 Å². The van der Waals surface area contributed by atoms with Gasteiger partial charge in [-0.25, -0.2) is 9.59 Å². The lowest BCUT2D eigenvalue weighted by Gasteiger charge is -2.27. The number of benzene rings is 2. The number of likely N-dealkylation sites (tertiary alicyclic amines) is 1. The van der Waals surface area contributed by atoms with Gasteiger partial charge in [-0.2, -0.15) is 0 Å². The molecule has 1 heterocycles. The van der Waals surface area contributed by atoms with Gasteiger partial charge in [0.25, 0.3) is 0 Å². The van der Waals surface area contributed by atoms with Crippen LogP contribution in [0.15, 0.2) is 48.5 Å². The van der Waals surface area contributed by atoms with Crippen molar-refractivity contribution in [1.82, 2.24) is 10.2 Å². The predicted octanol–water partition coefficient (Wildman–Crippen LogP) is 3.90. The summed E-state index contributed by atoms with van der Waals surface area (Å²) >= 11 is 0.